The third-order valence-corrected chi connectivity index (χ3v) is 3.95. The maximum Gasteiger partial charge on any atom is 0.224 e. The van der Waals surface area contributed by atoms with Crippen LogP contribution >= 0.6 is 0 Å². The molecule has 0 radical (unpaired) electrons. The molecule has 2 saturated heterocycles. The van der Waals surface area contributed by atoms with Crippen LogP contribution in [0.2, 0.25) is 0 Å². The van der Waals surface area contributed by atoms with Gasteiger partial charge in [-0.2, -0.15) is 4.98 Å². The van der Waals surface area contributed by atoms with Gasteiger partial charge in [0.1, 0.15) is 5.82 Å². The van der Waals surface area contributed by atoms with Crippen molar-refractivity contribution in [2.24, 2.45) is 5.92 Å². The molecule has 3 N–H and O–H groups in total. The molecule has 1 aromatic rings. The third kappa shape index (κ3) is 2.79. The van der Waals surface area contributed by atoms with E-state index in [2.05, 4.69) is 25.5 Å². The fourth-order valence-corrected chi connectivity index (χ4v) is 2.93. The van der Waals surface area contributed by atoms with Crippen molar-refractivity contribution in [3.63, 3.8) is 0 Å². The SMILES string of the molecule is OCCCNc1nccc(N2C[C@H]3CCN[C@H]3C2)n1. The largest absolute Gasteiger partial charge is 0.396 e. The molecule has 6 heteroatoms. The fraction of sp³-hybridized carbons (Fsp3) is 0.692. The van der Waals surface area contributed by atoms with Gasteiger partial charge in [0, 0.05) is 38.5 Å². The fourth-order valence-electron chi connectivity index (χ4n) is 2.93. The highest BCUT2D eigenvalue weighted by Crippen LogP contribution is 2.27. The van der Waals surface area contributed by atoms with Crippen molar-refractivity contribution >= 4 is 11.8 Å². The average Bonchev–Trinajstić information content (AvgIpc) is 3.00. The summed E-state index contributed by atoms with van der Waals surface area (Å²) >= 11 is 0. The van der Waals surface area contributed by atoms with Gasteiger partial charge in [-0.15, -0.1) is 0 Å². The van der Waals surface area contributed by atoms with Crippen molar-refractivity contribution in [2.75, 3.05) is 43.0 Å². The Labute approximate surface area is 113 Å². The van der Waals surface area contributed by atoms with Crippen LogP contribution in [0.25, 0.3) is 0 Å². The van der Waals surface area contributed by atoms with Crippen LogP contribution in [0, 0.1) is 5.92 Å². The van der Waals surface area contributed by atoms with Crippen LogP contribution in [0.15, 0.2) is 12.3 Å². The second-order valence-corrected chi connectivity index (χ2v) is 5.26. The number of nitrogens with zero attached hydrogens (tertiary/aromatic N) is 3. The first-order chi connectivity index (χ1) is 9.36. The summed E-state index contributed by atoms with van der Waals surface area (Å²) in [7, 11) is 0. The molecule has 0 spiro atoms. The summed E-state index contributed by atoms with van der Waals surface area (Å²) in [5.74, 6) is 2.41. The summed E-state index contributed by atoms with van der Waals surface area (Å²) in [6.07, 6.45) is 3.78. The molecule has 2 atom stereocenters. The maximum absolute atomic E-state index is 8.77. The van der Waals surface area contributed by atoms with Crippen molar-refractivity contribution in [1.29, 1.82) is 0 Å². The molecule has 19 heavy (non-hydrogen) atoms. The van der Waals surface area contributed by atoms with Gasteiger partial charge in [-0.3, -0.25) is 0 Å². The zero-order valence-electron chi connectivity index (χ0n) is 11.0. The van der Waals surface area contributed by atoms with E-state index in [1.54, 1.807) is 6.20 Å². The zero-order chi connectivity index (χ0) is 13.1. The predicted octanol–water partition coefficient (Wildman–Crippen LogP) is 0.0690. The zero-order valence-corrected chi connectivity index (χ0v) is 11.0. The number of aliphatic hydroxyl groups excluding tert-OH is 1. The highest BCUT2D eigenvalue weighted by Gasteiger charge is 2.36. The Balaban J connectivity index is 1.63. The van der Waals surface area contributed by atoms with Gasteiger partial charge in [0.2, 0.25) is 5.95 Å². The van der Waals surface area contributed by atoms with Crippen molar-refractivity contribution in [2.45, 2.75) is 18.9 Å². The molecule has 2 fully saturated rings. The van der Waals surface area contributed by atoms with Gasteiger partial charge in [0.25, 0.3) is 0 Å². The normalized spacial score (nSPS) is 25.6. The molecular formula is C13H21N5O. The predicted molar refractivity (Wildman–Crippen MR) is 74.3 cm³/mol. The van der Waals surface area contributed by atoms with Gasteiger partial charge in [0.05, 0.1) is 0 Å². The summed E-state index contributed by atoms with van der Waals surface area (Å²) in [6, 6.07) is 2.60. The standard InChI is InChI=1S/C13H21N5O/c19-7-1-4-15-13-16-6-3-12(17-13)18-8-10-2-5-14-11(10)9-18/h3,6,10-11,14,19H,1-2,4-5,7-9H2,(H,15,16,17)/t10-,11+/m1/s1. The van der Waals surface area contributed by atoms with Gasteiger partial charge in [0.15, 0.2) is 0 Å². The summed E-state index contributed by atoms with van der Waals surface area (Å²) in [4.78, 5) is 11.1. The first-order valence-corrected chi connectivity index (χ1v) is 7.03. The van der Waals surface area contributed by atoms with Crippen molar-refractivity contribution in [3.8, 4) is 0 Å². The number of hydrogen-bond acceptors (Lipinski definition) is 6. The molecule has 3 rings (SSSR count). The van der Waals surface area contributed by atoms with Crippen molar-refractivity contribution in [1.82, 2.24) is 15.3 Å². The lowest BCUT2D eigenvalue weighted by molar-refractivity contribution is 0.292. The van der Waals surface area contributed by atoms with Gasteiger partial charge < -0.3 is 20.6 Å². The first kappa shape index (κ1) is 12.6. The Hall–Kier alpha value is -1.40. The number of fused-ring (bicyclic) bond motifs is 1. The highest BCUT2D eigenvalue weighted by molar-refractivity contribution is 5.44. The van der Waals surface area contributed by atoms with Crippen LogP contribution in [-0.4, -0.2) is 53.9 Å². The number of aliphatic hydroxyl groups is 1. The van der Waals surface area contributed by atoms with Gasteiger partial charge in [-0.1, -0.05) is 0 Å². The van der Waals surface area contributed by atoms with E-state index in [4.69, 9.17) is 5.11 Å². The van der Waals surface area contributed by atoms with Crippen LogP contribution < -0.4 is 15.5 Å². The molecule has 2 aliphatic heterocycles. The molecule has 2 aliphatic rings. The van der Waals surface area contributed by atoms with Crippen LogP contribution in [0.3, 0.4) is 0 Å². The van der Waals surface area contributed by atoms with Gasteiger partial charge >= 0.3 is 0 Å². The molecule has 6 nitrogen and oxygen atoms in total. The van der Waals surface area contributed by atoms with Crippen LogP contribution in [-0.2, 0) is 0 Å². The summed E-state index contributed by atoms with van der Waals surface area (Å²) < 4.78 is 0. The van der Waals surface area contributed by atoms with E-state index in [1.807, 2.05) is 6.07 Å². The quantitative estimate of drug-likeness (QED) is 0.653. The Morgan fingerprint density at radius 1 is 1.47 bits per heavy atom. The smallest absolute Gasteiger partial charge is 0.224 e. The van der Waals surface area contributed by atoms with E-state index in [1.165, 1.54) is 6.42 Å². The second-order valence-electron chi connectivity index (χ2n) is 5.26. The topological polar surface area (TPSA) is 73.3 Å². The van der Waals surface area contributed by atoms with Gasteiger partial charge in [-0.05, 0) is 31.4 Å². The summed E-state index contributed by atoms with van der Waals surface area (Å²) in [5, 5.41) is 15.4. The van der Waals surface area contributed by atoms with Crippen LogP contribution in [0.4, 0.5) is 11.8 Å². The van der Waals surface area contributed by atoms with E-state index in [0.29, 0.717) is 25.0 Å². The molecule has 0 bridgehead atoms. The number of aromatic nitrogens is 2. The minimum absolute atomic E-state index is 0.188. The van der Waals surface area contributed by atoms with Crippen LogP contribution in [0.1, 0.15) is 12.8 Å². The lowest BCUT2D eigenvalue weighted by atomic mass is 10.1. The second kappa shape index (κ2) is 5.71. The van der Waals surface area contributed by atoms with E-state index in [9.17, 15) is 0 Å². The molecule has 0 amide bonds. The van der Waals surface area contributed by atoms with E-state index >= 15 is 0 Å². The number of rotatable bonds is 5. The lowest BCUT2D eigenvalue weighted by Crippen LogP contribution is -2.30. The maximum atomic E-state index is 8.77. The molecule has 0 aromatic carbocycles. The third-order valence-electron chi connectivity index (χ3n) is 3.95. The number of hydrogen-bond donors (Lipinski definition) is 3. The highest BCUT2D eigenvalue weighted by atomic mass is 16.3. The Morgan fingerprint density at radius 3 is 3.26 bits per heavy atom. The number of nitrogens with one attached hydrogen (secondary N) is 2. The number of anilines is 2. The summed E-state index contributed by atoms with van der Waals surface area (Å²) in [6.45, 7) is 4.17. The Bertz CT molecular complexity index is 415. The molecule has 0 unspecified atom stereocenters. The minimum atomic E-state index is 0.188. The van der Waals surface area contributed by atoms with E-state index < -0.39 is 0 Å². The average molecular weight is 263 g/mol. The van der Waals surface area contributed by atoms with E-state index in [-0.39, 0.29) is 6.61 Å². The Morgan fingerprint density at radius 2 is 2.42 bits per heavy atom. The summed E-state index contributed by atoms with van der Waals surface area (Å²) in [5.41, 5.74) is 0. The van der Waals surface area contributed by atoms with Gasteiger partial charge in [-0.25, -0.2) is 4.98 Å². The molecular weight excluding hydrogens is 242 g/mol. The molecule has 0 saturated carbocycles. The monoisotopic (exact) mass is 263 g/mol. The lowest BCUT2D eigenvalue weighted by Gasteiger charge is -2.18. The molecule has 3 heterocycles. The minimum Gasteiger partial charge on any atom is -0.396 e. The first-order valence-electron chi connectivity index (χ1n) is 7.03. The van der Waals surface area contributed by atoms with E-state index in [0.717, 1.165) is 31.4 Å². The Kier molecular flexibility index (Phi) is 3.79. The van der Waals surface area contributed by atoms with Crippen molar-refractivity contribution < 1.29 is 5.11 Å². The molecule has 0 aliphatic carbocycles. The molecule has 104 valence electrons. The molecule has 1 aromatic heterocycles. The van der Waals surface area contributed by atoms with Crippen molar-refractivity contribution in [3.05, 3.63) is 12.3 Å². The van der Waals surface area contributed by atoms with Crippen LogP contribution in [0.5, 0.6) is 0 Å².